The molecule has 0 unspecified atom stereocenters. The molecule has 0 atom stereocenters. The monoisotopic (exact) mass is 214 g/mol. The van der Waals surface area contributed by atoms with Crippen LogP contribution in [0.2, 0.25) is 0 Å². The van der Waals surface area contributed by atoms with E-state index in [0.717, 1.165) is 4.88 Å². The maximum absolute atomic E-state index is 10.8. The van der Waals surface area contributed by atoms with Gasteiger partial charge in [0.05, 0.1) is 0 Å². The van der Waals surface area contributed by atoms with Gasteiger partial charge in [-0.1, -0.05) is 20.8 Å². The largest absolute Gasteiger partial charge is 0.476 e. The van der Waals surface area contributed by atoms with Crippen LogP contribution in [0.5, 0.6) is 0 Å². The van der Waals surface area contributed by atoms with Crippen molar-refractivity contribution in [2.24, 2.45) is 5.41 Å². The second-order valence-corrected chi connectivity index (χ2v) is 5.48. The Bertz CT molecular complexity index is 352. The first kappa shape index (κ1) is 11.0. The predicted molar refractivity (Wildman–Crippen MR) is 56.6 cm³/mol. The molecule has 0 amide bonds. The minimum Gasteiger partial charge on any atom is -0.476 e. The summed E-state index contributed by atoms with van der Waals surface area (Å²) in [6.07, 6.45) is 0.684. The van der Waals surface area contributed by atoms with Crippen LogP contribution < -0.4 is 5.73 Å². The summed E-state index contributed by atoms with van der Waals surface area (Å²) in [5, 5.41) is 9.19. The van der Waals surface area contributed by atoms with Gasteiger partial charge < -0.3 is 10.8 Å². The van der Waals surface area contributed by atoms with E-state index >= 15 is 0 Å². The number of aromatic carboxylic acids is 1. The molecule has 0 aliphatic heterocycles. The first-order valence-corrected chi connectivity index (χ1v) is 5.10. The molecule has 0 radical (unpaired) electrons. The molecule has 0 fully saturated rings. The Morgan fingerprint density at radius 1 is 1.57 bits per heavy atom. The zero-order chi connectivity index (χ0) is 10.9. The van der Waals surface area contributed by atoms with Crippen molar-refractivity contribution >= 4 is 22.4 Å². The zero-order valence-electron chi connectivity index (χ0n) is 8.50. The Morgan fingerprint density at radius 2 is 2.14 bits per heavy atom. The fourth-order valence-electron chi connectivity index (χ4n) is 1.14. The molecule has 0 aromatic carbocycles. The molecule has 0 bridgehead atoms. The zero-order valence-corrected chi connectivity index (χ0v) is 9.31. The van der Waals surface area contributed by atoms with E-state index in [0.29, 0.717) is 11.6 Å². The lowest BCUT2D eigenvalue weighted by atomic mass is 9.91. The molecule has 0 aliphatic rings. The van der Waals surface area contributed by atoms with Gasteiger partial charge in [-0.25, -0.2) is 9.78 Å². The molecule has 5 heteroatoms. The highest BCUT2D eigenvalue weighted by atomic mass is 32.1. The third kappa shape index (κ3) is 2.70. The first-order chi connectivity index (χ1) is 6.29. The smallest absolute Gasteiger partial charge is 0.355 e. The maximum Gasteiger partial charge on any atom is 0.355 e. The number of hydrogen-bond acceptors (Lipinski definition) is 4. The summed E-state index contributed by atoms with van der Waals surface area (Å²) in [5.41, 5.74) is 5.62. The molecule has 0 saturated heterocycles. The van der Waals surface area contributed by atoms with Crippen molar-refractivity contribution in [3.05, 3.63) is 10.6 Å². The van der Waals surface area contributed by atoms with Crippen molar-refractivity contribution in [2.45, 2.75) is 27.2 Å². The number of hydrogen-bond donors (Lipinski definition) is 2. The van der Waals surface area contributed by atoms with Gasteiger partial charge >= 0.3 is 5.97 Å². The molecule has 0 spiro atoms. The minimum atomic E-state index is -1.00. The van der Waals surface area contributed by atoms with Crippen LogP contribution in [0.4, 0.5) is 5.13 Å². The van der Waals surface area contributed by atoms with Crippen molar-refractivity contribution in [2.75, 3.05) is 5.73 Å². The molecule has 78 valence electrons. The average Bonchev–Trinajstić information content (AvgIpc) is 2.27. The average molecular weight is 214 g/mol. The van der Waals surface area contributed by atoms with Crippen LogP contribution in [-0.2, 0) is 6.42 Å². The Hall–Kier alpha value is -1.10. The third-order valence-electron chi connectivity index (χ3n) is 1.61. The van der Waals surface area contributed by atoms with Crippen LogP contribution in [0.15, 0.2) is 0 Å². The van der Waals surface area contributed by atoms with Crippen molar-refractivity contribution in [3.8, 4) is 0 Å². The summed E-state index contributed by atoms with van der Waals surface area (Å²) in [5.74, 6) is -1.00. The molecule has 14 heavy (non-hydrogen) atoms. The molecule has 1 rings (SSSR count). The number of anilines is 1. The van der Waals surface area contributed by atoms with Gasteiger partial charge in [0.15, 0.2) is 10.8 Å². The van der Waals surface area contributed by atoms with E-state index in [9.17, 15) is 4.79 Å². The number of carbonyl (C=O) groups is 1. The molecule has 0 aliphatic carbocycles. The summed E-state index contributed by atoms with van der Waals surface area (Å²) in [6, 6.07) is 0. The molecule has 0 saturated carbocycles. The summed E-state index contributed by atoms with van der Waals surface area (Å²) in [7, 11) is 0. The molecule has 1 heterocycles. The van der Waals surface area contributed by atoms with Gasteiger partial charge in [0.1, 0.15) is 0 Å². The third-order valence-corrected chi connectivity index (χ3v) is 2.49. The lowest BCUT2D eigenvalue weighted by Crippen LogP contribution is -2.11. The van der Waals surface area contributed by atoms with Crippen molar-refractivity contribution in [1.29, 1.82) is 0 Å². The van der Waals surface area contributed by atoms with Gasteiger partial charge in [-0.15, -0.1) is 11.3 Å². The van der Waals surface area contributed by atoms with Crippen LogP contribution in [0.3, 0.4) is 0 Å². The van der Waals surface area contributed by atoms with Gasteiger partial charge in [0.25, 0.3) is 0 Å². The number of aromatic nitrogens is 1. The second kappa shape index (κ2) is 3.57. The molecular formula is C9H14N2O2S. The van der Waals surface area contributed by atoms with E-state index in [2.05, 4.69) is 25.8 Å². The van der Waals surface area contributed by atoms with Crippen LogP contribution in [0.25, 0.3) is 0 Å². The van der Waals surface area contributed by atoms with E-state index < -0.39 is 5.97 Å². The highest BCUT2D eigenvalue weighted by Gasteiger charge is 2.21. The highest BCUT2D eigenvalue weighted by molar-refractivity contribution is 7.15. The Balaban J connectivity index is 3.02. The van der Waals surface area contributed by atoms with E-state index in [-0.39, 0.29) is 11.1 Å². The molecule has 3 N–H and O–H groups in total. The number of carboxylic acid groups (broad SMARTS) is 1. The van der Waals surface area contributed by atoms with Crippen LogP contribution in [0, 0.1) is 5.41 Å². The van der Waals surface area contributed by atoms with E-state index in [1.165, 1.54) is 11.3 Å². The van der Waals surface area contributed by atoms with Crippen LogP contribution in [-0.4, -0.2) is 16.1 Å². The number of thiazole rings is 1. The molecule has 4 nitrogen and oxygen atoms in total. The van der Waals surface area contributed by atoms with E-state index in [1.54, 1.807) is 0 Å². The summed E-state index contributed by atoms with van der Waals surface area (Å²) >= 11 is 1.26. The fraction of sp³-hybridized carbons (Fsp3) is 0.556. The summed E-state index contributed by atoms with van der Waals surface area (Å²) < 4.78 is 0. The van der Waals surface area contributed by atoms with Gasteiger partial charge in [-0.2, -0.15) is 0 Å². The minimum absolute atomic E-state index is 0.0448. The Morgan fingerprint density at radius 3 is 2.57 bits per heavy atom. The second-order valence-electron chi connectivity index (χ2n) is 4.37. The summed E-state index contributed by atoms with van der Waals surface area (Å²) in [6.45, 7) is 6.15. The standard InChI is InChI=1S/C9H14N2O2S/c1-9(2,3)4-5-6(7(12)13)11-8(10)14-5/h4H2,1-3H3,(H2,10,11)(H,12,13). The lowest BCUT2D eigenvalue weighted by molar-refractivity contribution is 0.0690. The number of rotatable bonds is 2. The van der Waals surface area contributed by atoms with Gasteiger partial charge in [-0.3, -0.25) is 0 Å². The number of nitrogen functional groups attached to an aromatic ring is 1. The molecule has 1 aromatic heterocycles. The highest BCUT2D eigenvalue weighted by Crippen LogP contribution is 2.28. The fourth-order valence-corrected chi connectivity index (χ4v) is 2.26. The van der Waals surface area contributed by atoms with Crippen LogP contribution >= 0.6 is 11.3 Å². The first-order valence-electron chi connectivity index (χ1n) is 4.28. The van der Waals surface area contributed by atoms with E-state index in [4.69, 9.17) is 10.8 Å². The predicted octanol–water partition coefficient (Wildman–Crippen LogP) is 2.01. The SMILES string of the molecule is CC(C)(C)Cc1sc(N)nc1C(=O)O. The molecular weight excluding hydrogens is 200 g/mol. The number of nitrogens with zero attached hydrogens (tertiary/aromatic N) is 1. The number of nitrogens with two attached hydrogens (primary N) is 1. The van der Waals surface area contributed by atoms with Crippen molar-refractivity contribution in [1.82, 2.24) is 4.98 Å². The number of carboxylic acids is 1. The maximum atomic E-state index is 10.8. The Kier molecular flexibility index (Phi) is 2.80. The van der Waals surface area contributed by atoms with Gasteiger partial charge in [0, 0.05) is 4.88 Å². The van der Waals surface area contributed by atoms with Crippen molar-refractivity contribution < 1.29 is 9.90 Å². The van der Waals surface area contributed by atoms with Crippen molar-refractivity contribution in [3.63, 3.8) is 0 Å². The summed E-state index contributed by atoms with van der Waals surface area (Å²) in [4.78, 5) is 15.4. The van der Waals surface area contributed by atoms with Crippen LogP contribution in [0.1, 0.15) is 36.1 Å². The normalized spacial score (nSPS) is 11.6. The molecule has 1 aromatic rings. The lowest BCUT2D eigenvalue weighted by Gasteiger charge is -2.16. The van der Waals surface area contributed by atoms with E-state index in [1.807, 2.05) is 0 Å². The topological polar surface area (TPSA) is 76.2 Å². The quantitative estimate of drug-likeness (QED) is 0.789. The Labute approximate surface area is 86.8 Å². The van der Waals surface area contributed by atoms with Gasteiger partial charge in [-0.05, 0) is 11.8 Å². The van der Waals surface area contributed by atoms with Gasteiger partial charge in [0.2, 0.25) is 0 Å².